The van der Waals surface area contributed by atoms with Gasteiger partial charge < -0.3 is 10.2 Å². The van der Waals surface area contributed by atoms with Crippen LogP contribution in [0.5, 0.6) is 11.5 Å². The van der Waals surface area contributed by atoms with Crippen molar-refractivity contribution in [2.24, 2.45) is 4.99 Å². The van der Waals surface area contributed by atoms with Crippen LogP contribution < -0.4 is 0 Å². The van der Waals surface area contributed by atoms with E-state index in [9.17, 15) is 10.2 Å². The average molecular weight is 366 g/mol. The van der Waals surface area contributed by atoms with Crippen LogP contribution in [-0.4, -0.2) is 16.4 Å². The standard InChI is InChI=1S/C19H21Cl2NO2/c1-10-6-16(23)13(11(2)17(10)21)9-22-15-8-12(19(3,4)5)7-14(20)18(15)24/h6-9,23-24H,1-5H3. The molecule has 0 saturated carbocycles. The van der Waals surface area contributed by atoms with Crippen LogP contribution in [0.2, 0.25) is 10.0 Å². The monoisotopic (exact) mass is 365 g/mol. The summed E-state index contributed by atoms with van der Waals surface area (Å²) in [7, 11) is 0. The van der Waals surface area contributed by atoms with Gasteiger partial charge in [0.05, 0.1) is 5.02 Å². The Bertz CT molecular complexity index is 821. The summed E-state index contributed by atoms with van der Waals surface area (Å²) < 4.78 is 0. The number of phenolic OH excluding ortho intramolecular Hbond substituents is 2. The molecule has 5 heteroatoms. The third-order valence-electron chi connectivity index (χ3n) is 3.95. The smallest absolute Gasteiger partial charge is 0.159 e. The van der Waals surface area contributed by atoms with E-state index >= 15 is 0 Å². The second-order valence-corrected chi connectivity index (χ2v) is 7.68. The highest BCUT2D eigenvalue weighted by atomic mass is 35.5. The van der Waals surface area contributed by atoms with Gasteiger partial charge in [0.25, 0.3) is 0 Å². The van der Waals surface area contributed by atoms with E-state index < -0.39 is 0 Å². The zero-order valence-corrected chi connectivity index (χ0v) is 15.9. The van der Waals surface area contributed by atoms with Gasteiger partial charge >= 0.3 is 0 Å². The molecule has 0 radical (unpaired) electrons. The third kappa shape index (κ3) is 3.68. The first-order valence-electron chi connectivity index (χ1n) is 7.58. The van der Waals surface area contributed by atoms with E-state index in [1.54, 1.807) is 18.2 Å². The number of benzene rings is 2. The van der Waals surface area contributed by atoms with Crippen molar-refractivity contribution in [1.82, 2.24) is 0 Å². The molecule has 0 aliphatic heterocycles. The van der Waals surface area contributed by atoms with E-state index in [-0.39, 0.29) is 21.9 Å². The number of aryl methyl sites for hydroxylation is 1. The van der Waals surface area contributed by atoms with Crippen LogP contribution in [0.25, 0.3) is 0 Å². The predicted molar refractivity (Wildman–Crippen MR) is 102 cm³/mol. The van der Waals surface area contributed by atoms with Gasteiger partial charge in [-0.15, -0.1) is 0 Å². The van der Waals surface area contributed by atoms with E-state index in [0.717, 1.165) is 16.7 Å². The van der Waals surface area contributed by atoms with Gasteiger partial charge in [0.1, 0.15) is 11.4 Å². The molecule has 0 aliphatic rings. The Hall–Kier alpha value is -1.71. The number of nitrogens with zero attached hydrogens (tertiary/aromatic N) is 1. The van der Waals surface area contributed by atoms with Gasteiger partial charge in [0.15, 0.2) is 5.75 Å². The fraction of sp³-hybridized carbons (Fsp3) is 0.316. The van der Waals surface area contributed by atoms with Gasteiger partial charge in [-0.3, -0.25) is 4.99 Å². The van der Waals surface area contributed by atoms with Gasteiger partial charge in [-0.2, -0.15) is 0 Å². The Balaban J connectivity index is 2.55. The van der Waals surface area contributed by atoms with E-state index in [4.69, 9.17) is 23.2 Å². The van der Waals surface area contributed by atoms with Crippen molar-refractivity contribution < 1.29 is 10.2 Å². The molecule has 2 aromatic rings. The van der Waals surface area contributed by atoms with Gasteiger partial charge in [-0.25, -0.2) is 0 Å². The zero-order chi connectivity index (χ0) is 18.2. The largest absolute Gasteiger partial charge is 0.507 e. The fourth-order valence-corrected chi connectivity index (χ4v) is 2.74. The van der Waals surface area contributed by atoms with Crippen LogP contribution in [-0.2, 0) is 5.41 Å². The highest BCUT2D eigenvalue weighted by molar-refractivity contribution is 6.33. The first-order chi connectivity index (χ1) is 11.0. The molecule has 24 heavy (non-hydrogen) atoms. The molecule has 0 unspecified atom stereocenters. The Labute approximate surface area is 152 Å². The molecule has 0 aromatic heterocycles. The van der Waals surface area contributed by atoms with Gasteiger partial charge in [-0.1, -0.05) is 44.0 Å². The highest BCUT2D eigenvalue weighted by Gasteiger charge is 2.18. The number of halogens is 2. The molecular weight excluding hydrogens is 345 g/mol. The molecule has 0 spiro atoms. The number of hydrogen-bond acceptors (Lipinski definition) is 3. The minimum Gasteiger partial charge on any atom is -0.507 e. The van der Waals surface area contributed by atoms with Gasteiger partial charge in [0, 0.05) is 16.8 Å². The van der Waals surface area contributed by atoms with Crippen molar-refractivity contribution in [1.29, 1.82) is 0 Å². The quantitative estimate of drug-likeness (QED) is 0.634. The number of phenols is 2. The summed E-state index contributed by atoms with van der Waals surface area (Å²) in [6.07, 6.45) is 1.49. The molecule has 0 heterocycles. The SMILES string of the molecule is Cc1cc(O)c(C=Nc2cc(C(C)(C)C)cc(Cl)c2O)c(C)c1Cl. The maximum absolute atomic E-state index is 10.2. The summed E-state index contributed by atoms with van der Waals surface area (Å²) in [5, 5.41) is 21.1. The normalized spacial score (nSPS) is 12.1. The van der Waals surface area contributed by atoms with Crippen LogP contribution in [0.3, 0.4) is 0 Å². The number of hydrogen-bond donors (Lipinski definition) is 2. The topological polar surface area (TPSA) is 52.8 Å². The lowest BCUT2D eigenvalue weighted by Gasteiger charge is -2.20. The van der Waals surface area contributed by atoms with E-state index in [1.165, 1.54) is 6.21 Å². The predicted octanol–water partition coefficient (Wildman–Crippen LogP) is 6.07. The molecule has 128 valence electrons. The van der Waals surface area contributed by atoms with Crippen LogP contribution in [0.15, 0.2) is 23.2 Å². The summed E-state index contributed by atoms with van der Waals surface area (Å²) in [5.74, 6) is 0.00646. The molecule has 2 rings (SSSR count). The minimum absolute atomic E-state index is 0.0868. The molecule has 0 aliphatic carbocycles. The van der Waals surface area contributed by atoms with Crippen LogP contribution >= 0.6 is 23.2 Å². The molecule has 0 fully saturated rings. The van der Waals surface area contributed by atoms with Crippen LogP contribution in [0, 0.1) is 13.8 Å². The molecule has 2 N–H and O–H groups in total. The Morgan fingerprint density at radius 3 is 2.25 bits per heavy atom. The number of aliphatic imine (C=N–C) groups is 1. The lowest BCUT2D eigenvalue weighted by atomic mass is 9.87. The summed E-state index contributed by atoms with van der Waals surface area (Å²) in [5.41, 5.74) is 3.22. The lowest BCUT2D eigenvalue weighted by molar-refractivity contribution is 0.473. The summed E-state index contributed by atoms with van der Waals surface area (Å²) in [6, 6.07) is 5.12. The summed E-state index contributed by atoms with van der Waals surface area (Å²) >= 11 is 12.4. The van der Waals surface area contributed by atoms with E-state index in [2.05, 4.69) is 25.8 Å². The van der Waals surface area contributed by atoms with Crippen molar-refractivity contribution >= 4 is 35.1 Å². The van der Waals surface area contributed by atoms with Crippen molar-refractivity contribution in [2.75, 3.05) is 0 Å². The van der Waals surface area contributed by atoms with E-state index in [0.29, 0.717) is 16.3 Å². The zero-order valence-electron chi connectivity index (χ0n) is 14.4. The van der Waals surface area contributed by atoms with E-state index in [1.807, 2.05) is 13.8 Å². The summed E-state index contributed by atoms with van der Waals surface area (Å²) in [6.45, 7) is 9.81. The molecule has 0 atom stereocenters. The number of rotatable bonds is 2. The maximum atomic E-state index is 10.2. The second-order valence-electron chi connectivity index (χ2n) is 6.90. The molecule has 2 aromatic carbocycles. The molecular formula is C19H21Cl2NO2. The first-order valence-corrected chi connectivity index (χ1v) is 8.33. The molecule has 0 saturated heterocycles. The van der Waals surface area contributed by atoms with Crippen molar-refractivity contribution in [3.05, 3.63) is 50.5 Å². The van der Waals surface area contributed by atoms with Crippen LogP contribution in [0.4, 0.5) is 5.69 Å². The van der Waals surface area contributed by atoms with Gasteiger partial charge in [0.2, 0.25) is 0 Å². The van der Waals surface area contributed by atoms with Gasteiger partial charge in [-0.05, 0) is 54.2 Å². The fourth-order valence-electron chi connectivity index (χ4n) is 2.37. The van der Waals surface area contributed by atoms with Crippen molar-refractivity contribution in [3.63, 3.8) is 0 Å². The molecule has 3 nitrogen and oxygen atoms in total. The average Bonchev–Trinajstić information content (AvgIpc) is 2.47. The first kappa shape index (κ1) is 18.6. The van der Waals surface area contributed by atoms with Crippen LogP contribution in [0.1, 0.15) is 43.0 Å². The van der Waals surface area contributed by atoms with Crippen molar-refractivity contribution in [2.45, 2.75) is 40.0 Å². The minimum atomic E-state index is -0.132. The lowest BCUT2D eigenvalue weighted by Crippen LogP contribution is -2.10. The Morgan fingerprint density at radius 2 is 1.67 bits per heavy atom. The maximum Gasteiger partial charge on any atom is 0.159 e. The summed E-state index contributed by atoms with van der Waals surface area (Å²) in [4.78, 5) is 4.33. The highest BCUT2D eigenvalue weighted by Crippen LogP contribution is 2.39. The Kier molecular flexibility index (Phi) is 5.17. The van der Waals surface area contributed by atoms with Crippen molar-refractivity contribution in [3.8, 4) is 11.5 Å². The molecule has 0 amide bonds. The third-order valence-corrected chi connectivity index (χ3v) is 4.82. The molecule has 0 bridgehead atoms. The Morgan fingerprint density at radius 1 is 1.04 bits per heavy atom. The second kappa shape index (κ2) is 6.66. The number of aromatic hydroxyl groups is 2.